The minimum Gasteiger partial charge on any atom is -0.492 e. The van der Waals surface area contributed by atoms with Crippen molar-refractivity contribution in [1.29, 1.82) is 0 Å². The van der Waals surface area contributed by atoms with Crippen LogP contribution in [-0.2, 0) is 22.6 Å². The molecule has 31 heavy (non-hydrogen) atoms. The van der Waals surface area contributed by atoms with E-state index >= 15 is 0 Å². The average molecular weight is 446 g/mol. The SMILES string of the molecule is CN=C(NCc1ccc(COC2CCOCC2)cc1)N(C)CCOc1cccc(Cl)c1. The fourth-order valence-electron chi connectivity index (χ4n) is 3.34. The summed E-state index contributed by atoms with van der Waals surface area (Å²) in [5.41, 5.74) is 2.38. The van der Waals surface area contributed by atoms with Gasteiger partial charge in [-0.15, -0.1) is 0 Å². The summed E-state index contributed by atoms with van der Waals surface area (Å²) < 4.78 is 17.1. The lowest BCUT2D eigenvalue weighted by Gasteiger charge is -2.23. The molecule has 0 unspecified atom stereocenters. The van der Waals surface area contributed by atoms with Crippen molar-refractivity contribution in [3.8, 4) is 5.75 Å². The van der Waals surface area contributed by atoms with Gasteiger partial charge in [0.05, 0.1) is 19.3 Å². The molecule has 2 aromatic rings. The molecule has 0 aromatic heterocycles. The molecule has 0 spiro atoms. The van der Waals surface area contributed by atoms with Crippen LogP contribution in [0.2, 0.25) is 5.02 Å². The number of nitrogens with zero attached hydrogens (tertiary/aromatic N) is 2. The van der Waals surface area contributed by atoms with Gasteiger partial charge in [-0.1, -0.05) is 41.9 Å². The van der Waals surface area contributed by atoms with Crippen LogP contribution >= 0.6 is 11.6 Å². The van der Waals surface area contributed by atoms with Gasteiger partial charge in [0.2, 0.25) is 0 Å². The third-order valence-electron chi connectivity index (χ3n) is 5.19. The second-order valence-corrected chi connectivity index (χ2v) is 8.00. The van der Waals surface area contributed by atoms with Crippen molar-refractivity contribution in [3.05, 3.63) is 64.7 Å². The minimum absolute atomic E-state index is 0.316. The summed E-state index contributed by atoms with van der Waals surface area (Å²) in [7, 11) is 3.78. The fraction of sp³-hybridized carbons (Fsp3) is 0.458. The first-order chi connectivity index (χ1) is 15.1. The summed E-state index contributed by atoms with van der Waals surface area (Å²) in [5.74, 6) is 1.59. The molecule has 0 amide bonds. The number of benzene rings is 2. The Morgan fingerprint density at radius 1 is 1.16 bits per heavy atom. The predicted molar refractivity (Wildman–Crippen MR) is 125 cm³/mol. The molecule has 6 nitrogen and oxygen atoms in total. The second-order valence-electron chi connectivity index (χ2n) is 7.57. The standard InChI is InChI=1S/C24H32ClN3O3/c1-26-24(28(2)12-15-30-23-5-3-4-21(25)16-23)27-17-19-6-8-20(9-7-19)18-31-22-10-13-29-14-11-22/h3-9,16,22H,10-15,17-18H2,1-2H3,(H,26,27). The number of hydrogen-bond donors (Lipinski definition) is 1. The van der Waals surface area contributed by atoms with Crippen LogP contribution in [0.4, 0.5) is 0 Å². The van der Waals surface area contributed by atoms with E-state index in [9.17, 15) is 0 Å². The lowest BCUT2D eigenvalue weighted by molar-refractivity contribution is -0.0390. The van der Waals surface area contributed by atoms with Crippen LogP contribution in [0.3, 0.4) is 0 Å². The highest BCUT2D eigenvalue weighted by Gasteiger charge is 2.14. The molecule has 7 heteroatoms. The Labute approximate surface area is 190 Å². The van der Waals surface area contributed by atoms with Gasteiger partial charge in [0, 0.05) is 38.9 Å². The number of likely N-dealkylation sites (N-methyl/N-ethyl adjacent to an activating group) is 1. The maximum atomic E-state index is 5.99. The Bertz CT molecular complexity index is 823. The molecule has 2 aromatic carbocycles. The summed E-state index contributed by atoms with van der Waals surface area (Å²) in [5, 5.41) is 4.07. The fourth-order valence-corrected chi connectivity index (χ4v) is 3.52. The van der Waals surface area contributed by atoms with Gasteiger partial charge in [-0.3, -0.25) is 4.99 Å². The molecule has 1 heterocycles. The Morgan fingerprint density at radius 3 is 2.61 bits per heavy atom. The van der Waals surface area contributed by atoms with Crippen LogP contribution in [-0.4, -0.2) is 57.4 Å². The number of guanidine groups is 1. The second kappa shape index (κ2) is 12.5. The monoisotopic (exact) mass is 445 g/mol. The molecule has 1 fully saturated rings. The molecule has 1 aliphatic heterocycles. The molecule has 0 radical (unpaired) electrons. The van der Waals surface area contributed by atoms with E-state index in [0.29, 0.717) is 37.4 Å². The molecule has 3 rings (SSSR count). The maximum Gasteiger partial charge on any atom is 0.193 e. The molecule has 1 aliphatic rings. The molecule has 1 saturated heterocycles. The molecular weight excluding hydrogens is 414 g/mol. The summed E-state index contributed by atoms with van der Waals surface area (Å²) in [6.07, 6.45) is 2.29. The first kappa shape index (κ1) is 23.4. The average Bonchev–Trinajstić information content (AvgIpc) is 2.80. The zero-order valence-electron chi connectivity index (χ0n) is 18.4. The first-order valence-electron chi connectivity index (χ1n) is 10.7. The molecule has 168 valence electrons. The van der Waals surface area contributed by atoms with Crippen molar-refractivity contribution in [3.63, 3.8) is 0 Å². The molecule has 0 bridgehead atoms. The zero-order valence-corrected chi connectivity index (χ0v) is 19.1. The van der Waals surface area contributed by atoms with Crippen LogP contribution in [0.25, 0.3) is 0 Å². The minimum atomic E-state index is 0.316. The summed E-state index contributed by atoms with van der Waals surface area (Å²) >= 11 is 5.99. The Hall–Kier alpha value is -2.28. The van der Waals surface area contributed by atoms with Gasteiger partial charge in [-0.2, -0.15) is 0 Å². The van der Waals surface area contributed by atoms with E-state index in [1.807, 2.05) is 36.2 Å². The van der Waals surface area contributed by atoms with E-state index in [2.05, 4.69) is 34.6 Å². The van der Waals surface area contributed by atoms with Gasteiger partial charge in [-0.05, 0) is 42.2 Å². The van der Waals surface area contributed by atoms with E-state index in [1.54, 1.807) is 7.05 Å². The summed E-state index contributed by atoms with van der Waals surface area (Å²) in [4.78, 5) is 6.41. The normalized spacial score (nSPS) is 15.0. The third kappa shape index (κ3) is 8.05. The smallest absolute Gasteiger partial charge is 0.193 e. The quantitative estimate of drug-likeness (QED) is 0.464. The zero-order chi connectivity index (χ0) is 21.9. The first-order valence-corrected chi connectivity index (χ1v) is 11.1. The van der Waals surface area contributed by atoms with E-state index in [1.165, 1.54) is 11.1 Å². The van der Waals surface area contributed by atoms with Crippen LogP contribution in [0.1, 0.15) is 24.0 Å². The van der Waals surface area contributed by atoms with Crippen LogP contribution < -0.4 is 10.1 Å². The van der Waals surface area contributed by atoms with Crippen molar-refractivity contribution < 1.29 is 14.2 Å². The van der Waals surface area contributed by atoms with E-state index < -0.39 is 0 Å². The van der Waals surface area contributed by atoms with Gasteiger partial charge >= 0.3 is 0 Å². The van der Waals surface area contributed by atoms with Crippen molar-refractivity contribution in [2.75, 3.05) is 40.5 Å². The highest BCUT2D eigenvalue weighted by Crippen LogP contribution is 2.17. The number of ether oxygens (including phenoxy) is 3. The Balaban J connectivity index is 1.38. The maximum absolute atomic E-state index is 5.99. The molecule has 0 atom stereocenters. The topological polar surface area (TPSA) is 55.3 Å². The van der Waals surface area contributed by atoms with Gasteiger partial charge in [0.1, 0.15) is 12.4 Å². The van der Waals surface area contributed by atoms with Crippen molar-refractivity contribution in [2.24, 2.45) is 4.99 Å². The highest BCUT2D eigenvalue weighted by molar-refractivity contribution is 6.30. The number of aliphatic imine (C=N–C) groups is 1. The van der Waals surface area contributed by atoms with Crippen LogP contribution in [0, 0.1) is 0 Å². The molecule has 1 N–H and O–H groups in total. The van der Waals surface area contributed by atoms with Crippen molar-refractivity contribution in [2.45, 2.75) is 32.1 Å². The number of hydrogen-bond acceptors (Lipinski definition) is 4. The highest BCUT2D eigenvalue weighted by atomic mass is 35.5. The van der Waals surface area contributed by atoms with Gasteiger partial charge < -0.3 is 24.4 Å². The molecule has 0 aliphatic carbocycles. The number of nitrogens with one attached hydrogen (secondary N) is 1. The van der Waals surface area contributed by atoms with E-state index in [4.69, 9.17) is 25.8 Å². The van der Waals surface area contributed by atoms with Gasteiger partial charge in [-0.25, -0.2) is 0 Å². The van der Waals surface area contributed by atoms with Crippen molar-refractivity contribution in [1.82, 2.24) is 10.2 Å². The predicted octanol–water partition coefficient (Wildman–Crippen LogP) is 4.12. The van der Waals surface area contributed by atoms with Crippen LogP contribution in [0.15, 0.2) is 53.5 Å². The van der Waals surface area contributed by atoms with Gasteiger partial charge in [0.15, 0.2) is 5.96 Å². The summed E-state index contributed by atoms with van der Waals surface area (Å²) in [6.45, 7) is 4.20. The third-order valence-corrected chi connectivity index (χ3v) is 5.43. The largest absolute Gasteiger partial charge is 0.492 e. The lowest BCUT2D eigenvalue weighted by Crippen LogP contribution is -2.40. The summed E-state index contributed by atoms with van der Waals surface area (Å²) in [6, 6.07) is 15.9. The van der Waals surface area contributed by atoms with Crippen molar-refractivity contribution >= 4 is 17.6 Å². The molecular formula is C24H32ClN3O3. The number of rotatable bonds is 9. The Morgan fingerprint density at radius 2 is 1.90 bits per heavy atom. The van der Waals surface area contributed by atoms with E-state index in [0.717, 1.165) is 37.8 Å². The molecule has 0 saturated carbocycles. The van der Waals surface area contributed by atoms with Crippen LogP contribution in [0.5, 0.6) is 5.75 Å². The number of halogens is 1. The van der Waals surface area contributed by atoms with Gasteiger partial charge in [0.25, 0.3) is 0 Å². The Kier molecular flexibility index (Phi) is 9.46. The van der Waals surface area contributed by atoms with E-state index in [-0.39, 0.29) is 0 Å². The lowest BCUT2D eigenvalue weighted by atomic mass is 10.1.